The number of unbranched alkanes of at least 4 members (excludes halogenated alkanes) is 1. The molecule has 0 bridgehead atoms. The highest BCUT2D eigenvalue weighted by Crippen LogP contribution is 2.28. The van der Waals surface area contributed by atoms with Crippen molar-refractivity contribution in [3.63, 3.8) is 0 Å². The largest absolute Gasteiger partial charge is 0.394 e. The van der Waals surface area contributed by atoms with Crippen LogP contribution in [0.1, 0.15) is 33.1 Å². The zero-order chi connectivity index (χ0) is 15.5. The molecule has 0 saturated carbocycles. The van der Waals surface area contributed by atoms with Crippen LogP contribution in [0.25, 0.3) is 10.9 Å². The normalized spacial score (nSPS) is 14.1. The van der Waals surface area contributed by atoms with Gasteiger partial charge in [0.05, 0.1) is 23.0 Å². The quantitative estimate of drug-likeness (QED) is 0.762. The minimum absolute atomic E-state index is 0.0754. The van der Waals surface area contributed by atoms with Gasteiger partial charge in [-0.3, -0.25) is 0 Å². The molecule has 1 heterocycles. The van der Waals surface area contributed by atoms with E-state index in [9.17, 15) is 9.50 Å². The van der Waals surface area contributed by atoms with Gasteiger partial charge in [0.1, 0.15) is 11.6 Å². The Kier molecular flexibility index (Phi) is 4.57. The molecule has 0 amide bonds. The molecule has 1 aromatic carbocycles. The molecule has 0 aliphatic carbocycles. The number of nitrogens with zero attached hydrogens (tertiary/aromatic N) is 2. The van der Waals surface area contributed by atoms with Crippen LogP contribution >= 0.6 is 0 Å². The van der Waals surface area contributed by atoms with E-state index >= 15 is 0 Å². The van der Waals surface area contributed by atoms with Crippen LogP contribution < -0.4 is 11.1 Å². The molecule has 2 rings (SSSR count). The number of benzene rings is 1. The Bertz CT molecular complexity index is 634. The summed E-state index contributed by atoms with van der Waals surface area (Å²) < 4.78 is 14.1. The molecule has 5 nitrogen and oxygen atoms in total. The number of aromatic nitrogens is 2. The number of nitrogens with two attached hydrogens (primary N) is 1. The molecule has 0 aliphatic heterocycles. The number of nitrogen functional groups attached to an aromatic ring is 1. The summed E-state index contributed by atoms with van der Waals surface area (Å²) in [5.41, 5.74) is 5.56. The van der Waals surface area contributed by atoms with Crippen molar-refractivity contribution in [2.45, 2.75) is 38.6 Å². The molecule has 0 spiro atoms. The fraction of sp³-hybridized carbons (Fsp3) is 0.467. The van der Waals surface area contributed by atoms with Crippen LogP contribution in [0.4, 0.5) is 16.2 Å². The first-order valence-corrected chi connectivity index (χ1v) is 7.10. The first-order valence-electron chi connectivity index (χ1n) is 7.10. The summed E-state index contributed by atoms with van der Waals surface area (Å²) in [6, 6.07) is 4.62. The van der Waals surface area contributed by atoms with Crippen molar-refractivity contribution in [2.24, 2.45) is 0 Å². The maximum absolute atomic E-state index is 14.1. The summed E-state index contributed by atoms with van der Waals surface area (Å²) in [5.74, 6) is -0.0135. The number of anilines is 2. The highest BCUT2D eigenvalue weighted by molar-refractivity contribution is 5.90. The lowest BCUT2D eigenvalue weighted by Gasteiger charge is -2.30. The second-order valence-electron chi connectivity index (χ2n) is 5.51. The first-order chi connectivity index (χ1) is 9.99. The van der Waals surface area contributed by atoms with E-state index in [1.807, 2.05) is 6.92 Å². The van der Waals surface area contributed by atoms with E-state index in [2.05, 4.69) is 22.2 Å². The average Bonchev–Trinajstić information content (AvgIpc) is 2.44. The SMILES string of the molecule is CCCC[C@](C)(CO)Nc1nc(N)nc2cccc(F)c12. The molecule has 21 heavy (non-hydrogen) atoms. The minimum Gasteiger partial charge on any atom is -0.394 e. The molecule has 114 valence electrons. The summed E-state index contributed by atoms with van der Waals surface area (Å²) >= 11 is 0. The van der Waals surface area contributed by atoms with Crippen LogP contribution in [0.3, 0.4) is 0 Å². The van der Waals surface area contributed by atoms with Gasteiger partial charge in [0.25, 0.3) is 0 Å². The van der Waals surface area contributed by atoms with E-state index in [-0.39, 0.29) is 12.6 Å². The molecular weight excluding hydrogens is 271 g/mol. The van der Waals surface area contributed by atoms with E-state index in [1.54, 1.807) is 12.1 Å². The molecule has 0 fully saturated rings. The summed E-state index contributed by atoms with van der Waals surface area (Å²) in [4.78, 5) is 8.15. The predicted octanol–water partition coefficient (Wildman–Crippen LogP) is 2.70. The maximum Gasteiger partial charge on any atom is 0.222 e. The third-order valence-electron chi connectivity index (χ3n) is 3.54. The van der Waals surface area contributed by atoms with Crippen LogP contribution in [-0.2, 0) is 0 Å². The second kappa shape index (κ2) is 6.22. The van der Waals surface area contributed by atoms with E-state index in [4.69, 9.17) is 5.73 Å². The van der Waals surface area contributed by atoms with Crippen LogP contribution in [0.2, 0.25) is 0 Å². The van der Waals surface area contributed by atoms with Crippen molar-refractivity contribution < 1.29 is 9.50 Å². The maximum atomic E-state index is 14.1. The monoisotopic (exact) mass is 292 g/mol. The predicted molar refractivity (Wildman–Crippen MR) is 82.5 cm³/mol. The molecule has 0 aliphatic rings. The number of hydrogen-bond acceptors (Lipinski definition) is 5. The van der Waals surface area contributed by atoms with Gasteiger partial charge < -0.3 is 16.2 Å². The topological polar surface area (TPSA) is 84.1 Å². The summed E-state index contributed by atoms with van der Waals surface area (Å²) in [6.07, 6.45) is 2.71. The molecule has 4 N–H and O–H groups in total. The fourth-order valence-corrected chi connectivity index (χ4v) is 2.28. The lowest BCUT2D eigenvalue weighted by atomic mass is 9.95. The smallest absolute Gasteiger partial charge is 0.222 e. The summed E-state index contributed by atoms with van der Waals surface area (Å²) in [5, 5.41) is 13.1. The van der Waals surface area contributed by atoms with Crippen molar-refractivity contribution in [3.8, 4) is 0 Å². The van der Waals surface area contributed by atoms with Crippen LogP contribution in [0, 0.1) is 5.82 Å². The van der Waals surface area contributed by atoms with Gasteiger partial charge in [0, 0.05) is 0 Å². The summed E-state index contributed by atoms with van der Waals surface area (Å²) in [7, 11) is 0. The van der Waals surface area contributed by atoms with Crippen molar-refractivity contribution in [3.05, 3.63) is 24.0 Å². The van der Waals surface area contributed by atoms with Crippen molar-refractivity contribution in [2.75, 3.05) is 17.7 Å². The van der Waals surface area contributed by atoms with E-state index in [0.29, 0.717) is 16.7 Å². The van der Waals surface area contributed by atoms with Gasteiger partial charge >= 0.3 is 0 Å². The molecule has 0 saturated heterocycles. The van der Waals surface area contributed by atoms with Gasteiger partial charge in [-0.15, -0.1) is 0 Å². The van der Waals surface area contributed by atoms with E-state index < -0.39 is 11.4 Å². The molecule has 0 radical (unpaired) electrons. The highest BCUT2D eigenvalue weighted by Gasteiger charge is 2.25. The fourth-order valence-electron chi connectivity index (χ4n) is 2.28. The molecule has 2 aromatic rings. The van der Waals surface area contributed by atoms with Crippen LogP contribution in [-0.4, -0.2) is 27.2 Å². The van der Waals surface area contributed by atoms with Crippen molar-refractivity contribution in [1.82, 2.24) is 9.97 Å². The highest BCUT2D eigenvalue weighted by atomic mass is 19.1. The van der Waals surface area contributed by atoms with Crippen molar-refractivity contribution >= 4 is 22.7 Å². The zero-order valence-corrected chi connectivity index (χ0v) is 12.4. The Morgan fingerprint density at radius 1 is 1.38 bits per heavy atom. The number of aliphatic hydroxyl groups is 1. The Labute approximate surface area is 123 Å². The van der Waals surface area contributed by atoms with Gasteiger partial charge in [-0.05, 0) is 25.5 Å². The third-order valence-corrected chi connectivity index (χ3v) is 3.54. The molecular formula is C15H21FN4O. The minimum atomic E-state index is -0.577. The number of fused-ring (bicyclic) bond motifs is 1. The molecule has 1 atom stereocenters. The number of halogens is 1. The van der Waals surface area contributed by atoms with E-state index in [1.165, 1.54) is 6.07 Å². The Hall–Kier alpha value is -1.95. The second-order valence-corrected chi connectivity index (χ2v) is 5.51. The summed E-state index contributed by atoms with van der Waals surface area (Å²) in [6.45, 7) is 3.88. The lowest BCUT2D eigenvalue weighted by Crippen LogP contribution is -2.39. The van der Waals surface area contributed by atoms with Gasteiger partial charge in [-0.25, -0.2) is 9.37 Å². The third kappa shape index (κ3) is 3.39. The molecule has 0 unspecified atom stereocenters. The van der Waals surface area contributed by atoms with E-state index in [0.717, 1.165) is 19.3 Å². The Morgan fingerprint density at radius 2 is 2.14 bits per heavy atom. The number of nitrogens with one attached hydrogen (secondary N) is 1. The van der Waals surface area contributed by atoms with Gasteiger partial charge in [0.2, 0.25) is 5.95 Å². The van der Waals surface area contributed by atoms with Crippen LogP contribution in [0.5, 0.6) is 0 Å². The Balaban J connectivity index is 2.45. The van der Waals surface area contributed by atoms with Gasteiger partial charge in [-0.2, -0.15) is 4.98 Å². The number of hydrogen-bond donors (Lipinski definition) is 3. The lowest BCUT2D eigenvalue weighted by molar-refractivity contribution is 0.212. The zero-order valence-electron chi connectivity index (χ0n) is 12.4. The molecule has 1 aromatic heterocycles. The first kappa shape index (κ1) is 15.4. The number of rotatable bonds is 6. The standard InChI is InChI=1S/C15H21FN4O/c1-3-4-8-15(2,9-21)20-13-12-10(16)6-5-7-11(12)18-14(17)19-13/h5-7,21H,3-4,8-9H2,1-2H3,(H3,17,18,19,20)/t15-/m1/s1. The van der Waals surface area contributed by atoms with Gasteiger partial charge in [0.15, 0.2) is 0 Å². The van der Waals surface area contributed by atoms with Gasteiger partial charge in [-0.1, -0.05) is 25.8 Å². The average molecular weight is 292 g/mol. The Morgan fingerprint density at radius 3 is 2.81 bits per heavy atom. The van der Waals surface area contributed by atoms with Crippen molar-refractivity contribution in [1.29, 1.82) is 0 Å². The van der Waals surface area contributed by atoms with Crippen LogP contribution in [0.15, 0.2) is 18.2 Å². The number of aliphatic hydroxyl groups excluding tert-OH is 1. The molecule has 6 heteroatoms.